The summed E-state index contributed by atoms with van der Waals surface area (Å²) in [6, 6.07) is 1.84. The van der Waals surface area contributed by atoms with Gasteiger partial charge in [-0.3, -0.25) is 0 Å². The minimum Gasteiger partial charge on any atom is -0.303 e. The van der Waals surface area contributed by atoms with E-state index in [1.165, 1.54) is 0 Å². The Hall–Kier alpha value is -0.670. The maximum absolute atomic E-state index is 10.0. The highest BCUT2D eigenvalue weighted by molar-refractivity contribution is 9.10. The van der Waals surface area contributed by atoms with Gasteiger partial charge in [-0.05, 0) is 22.0 Å². The van der Waals surface area contributed by atoms with Crippen molar-refractivity contribution in [3.8, 4) is 0 Å². The van der Waals surface area contributed by atoms with E-state index in [0.717, 1.165) is 16.3 Å². The third-order valence-corrected chi connectivity index (χ3v) is 2.11. The summed E-state index contributed by atoms with van der Waals surface area (Å²) in [5.41, 5.74) is 0.804. The number of aldehydes is 1. The van der Waals surface area contributed by atoms with Crippen molar-refractivity contribution in [3.05, 3.63) is 33.5 Å². The van der Waals surface area contributed by atoms with Crippen LogP contribution in [0.3, 0.4) is 0 Å². The number of carbonyl (C=O) groups excluding carboxylic acids is 1. The average molecular weight is 261 g/mol. The van der Waals surface area contributed by atoms with Crippen molar-refractivity contribution in [1.82, 2.24) is 4.98 Å². The first-order valence-corrected chi connectivity index (χ1v) is 4.82. The zero-order valence-electron chi connectivity index (χ0n) is 6.71. The molecule has 2 nitrogen and oxygen atoms in total. The number of hydrogen-bond donors (Lipinski definition) is 0. The molecule has 1 heterocycles. The monoisotopic (exact) mass is 259 g/mol. The fraction of sp³-hybridized carbons (Fsp3) is 0.111. The van der Waals surface area contributed by atoms with Crippen LogP contribution in [0.5, 0.6) is 0 Å². The number of allylic oxidation sites excluding steroid dienone is 1. The van der Waals surface area contributed by atoms with Gasteiger partial charge >= 0.3 is 0 Å². The van der Waals surface area contributed by atoms with E-state index in [0.29, 0.717) is 11.6 Å². The van der Waals surface area contributed by atoms with Gasteiger partial charge in [-0.2, -0.15) is 0 Å². The summed E-state index contributed by atoms with van der Waals surface area (Å²) in [4.78, 5) is 14.0. The highest BCUT2D eigenvalue weighted by Gasteiger charge is 1.97. The molecule has 0 amide bonds. The second kappa shape index (κ2) is 5.14. The molecule has 1 rings (SSSR count). The van der Waals surface area contributed by atoms with Gasteiger partial charge in [-0.1, -0.05) is 23.8 Å². The van der Waals surface area contributed by atoms with E-state index in [1.54, 1.807) is 18.3 Å². The minimum absolute atomic E-state index is 0.392. The first-order valence-electron chi connectivity index (χ1n) is 3.65. The zero-order valence-corrected chi connectivity index (χ0v) is 9.05. The van der Waals surface area contributed by atoms with Crippen LogP contribution in [0, 0.1) is 0 Å². The lowest BCUT2D eigenvalue weighted by molar-refractivity contribution is -0.107. The van der Waals surface area contributed by atoms with Gasteiger partial charge in [0.1, 0.15) is 11.4 Å². The summed E-state index contributed by atoms with van der Waals surface area (Å²) in [5, 5.41) is 0.436. The van der Waals surface area contributed by atoms with Crippen molar-refractivity contribution in [2.75, 3.05) is 0 Å². The molecule has 0 unspecified atom stereocenters. The Bertz CT molecular complexity index is 338. The molecule has 0 N–H and O–H groups in total. The number of rotatable bonds is 3. The molecule has 1 aromatic rings. The number of nitrogens with zero attached hydrogens (tertiary/aromatic N) is 1. The SMILES string of the molecule is O=CCC=Cc1cc(Br)cnc1Cl. The lowest BCUT2D eigenvalue weighted by Gasteiger charge is -1.96. The second-order valence-corrected chi connectivity index (χ2v) is 3.61. The van der Waals surface area contributed by atoms with Gasteiger partial charge in [0, 0.05) is 22.7 Å². The van der Waals surface area contributed by atoms with E-state index in [9.17, 15) is 4.79 Å². The molecule has 0 saturated carbocycles. The lowest BCUT2D eigenvalue weighted by Crippen LogP contribution is -1.80. The highest BCUT2D eigenvalue weighted by atomic mass is 79.9. The van der Waals surface area contributed by atoms with Crippen molar-refractivity contribution in [2.24, 2.45) is 0 Å². The Morgan fingerprint density at radius 2 is 2.38 bits per heavy atom. The second-order valence-electron chi connectivity index (χ2n) is 2.34. The molecule has 0 aliphatic carbocycles. The highest BCUT2D eigenvalue weighted by Crippen LogP contribution is 2.19. The number of halogens is 2. The molecule has 0 aromatic carbocycles. The molecule has 4 heteroatoms. The number of aromatic nitrogens is 1. The van der Waals surface area contributed by atoms with Crippen LogP contribution in [0.2, 0.25) is 5.15 Å². The Morgan fingerprint density at radius 3 is 3.08 bits per heavy atom. The van der Waals surface area contributed by atoms with Crippen molar-refractivity contribution < 1.29 is 4.79 Å². The van der Waals surface area contributed by atoms with Gasteiger partial charge in [0.2, 0.25) is 0 Å². The minimum atomic E-state index is 0.392. The fourth-order valence-corrected chi connectivity index (χ4v) is 1.32. The molecular weight excluding hydrogens is 253 g/mol. The maximum Gasteiger partial charge on any atom is 0.136 e. The van der Waals surface area contributed by atoms with E-state index in [-0.39, 0.29) is 0 Å². The molecule has 0 saturated heterocycles. The molecule has 68 valence electrons. The Balaban J connectivity index is 2.86. The quantitative estimate of drug-likeness (QED) is 0.617. The van der Waals surface area contributed by atoms with E-state index in [1.807, 2.05) is 6.07 Å². The van der Waals surface area contributed by atoms with Crippen LogP contribution in [0.15, 0.2) is 22.8 Å². The molecule has 13 heavy (non-hydrogen) atoms. The fourth-order valence-electron chi connectivity index (χ4n) is 0.806. The first-order chi connectivity index (χ1) is 6.24. The molecule has 0 fully saturated rings. The van der Waals surface area contributed by atoms with Crippen LogP contribution in [-0.4, -0.2) is 11.3 Å². The van der Waals surface area contributed by atoms with E-state index < -0.39 is 0 Å². The molecular formula is C9H7BrClNO. The van der Waals surface area contributed by atoms with Crippen LogP contribution >= 0.6 is 27.5 Å². The van der Waals surface area contributed by atoms with Crippen LogP contribution in [0.25, 0.3) is 6.08 Å². The Labute approximate surface area is 89.8 Å². The molecule has 0 bridgehead atoms. The standard InChI is InChI=1S/C9H7BrClNO/c10-8-5-7(3-1-2-4-13)9(11)12-6-8/h1,3-6H,2H2. The molecule has 1 aromatic heterocycles. The largest absolute Gasteiger partial charge is 0.303 e. The van der Waals surface area contributed by atoms with Crippen molar-refractivity contribution in [3.63, 3.8) is 0 Å². The lowest BCUT2D eigenvalue weighted by atomic mass is 10.2. The summed E-state index contributed by atoms with van der Waals surface area (Å²) in [6.45, 7) is 0. The topological polar surface area (TPSA) is 30.0 Å². The molecule has 0 aliphatic heterocycles. The smallest absolute Gasteiger partial charge is 0.136 e. The maximum atomic E-state index is 10.0. The molecule has 0 aliphatic rings. The van der Waals surface area contributed by atoms with Crippen LogP contribution in [0.4, 0.5) is 0 Å². The first kappa shape index (κ1) is 10.4. The summed E-state index contributed by atoms with van der Waals surface area (Å²) in [6.07, 6.45) is 6.36. The number of pyridine rings is 1. The third-order valence-electron chi connectivity index (χ3n) is 1.36. The van der Waals surface area contributed by atoms with Gasteiger partial charge in [0.25, 0.3) is 0 Å². The van der Waals surface area contributed by atoms with Crippen molar-refractivity contribution in [1.29, 1.82) is 0 Å². The predicted molar refractivity (Wildman–Crippen MR) is 56.7 cm³/mol. The number of carbonyl (C=O) groups is 1. The van der Waals surface area contributed by atoms with Crippen LogP contribution < -0.4 is 0 Å². The van der Waals surface area contributed by atoms with Crippen LogP contribution in [-0.2, 0) is 4.79 Å². The van der Waals surface area contributed by atoms with Gasteiger partial charge < -0.3 is 4.79 Å². The summed E-state index contributed by atoms with van der Waals surface area (Å²) in [5.74, 6) is 0. The van der Waals surface area contributed by atoms with Gasteiger partial charge in [0.15, 0.2) is 0 Å². The van der Waals surface area contributed by atoms with E-state index >= 15 is 0 Å². The molecule has 0 atom stereocenters. The summed E-state index contributed by atoms with van der Waals surface area (Å²) < 4.78 is 0.864. The third kappa shape index (κ3) is 3.28. The predicted octanol–water partition coefficient (Wildman–Crippen LogP) is 3.10. The van der Waals surface area contributed by atoms with Crippen molar-refractivity contribution in [2.45, 2.75) is 6.42 Å². The van der Waals surface area contributed by atoms with Gasteiger partial charge in [-0.25, -0.2) is 4.98 Å². The average Bonchev–Trinajstić information content (AvgIpc) is 2.11. The van der Waals surface area contributed by atoms with Crippen molar-refractivity contribution >= 4 is 39.9 Å². The molecule has 0 spiro atoms. The Morgan fingerprint density at radius 1 is 1.62 bits per heavy atom. The van der Waals surface area contributed by atoms with E-state index in [4.69, 9.17) is 11.6 Å². The van der Waals surface area contributed by atoms with Crippen LogP contribution in [0.1, 0.15) is 12.0 Å². The van der Waals surface area contributed by atoms with Gasteiger partial charge in [-0.15, -0.1) is 0 Å². The Kier molecular flexibility index (Phi) is 4.12. The summed E-state index contributed by atoms with van der Waals surface area (Å²) in [7, 11) is 0. The number of hydrogen-bond acceptors (Lipinski definition) is 2. The van der Waals surface area contributed by atoms with Gasteiger partial charge in [0.05, 0.1) is 0 Å². The molecule has 0 radical (unpaired) electrons. The summed E-state index contributed by atoms with van der Waals surface area (Å²) >= 11 is 9.08. The normalized spacial score (nSPS) is 10.6. The van der Waals surface area contributed by atoms with E-state index in [2.05, 4.69) is 20.9 Å². The zero-order chi connectivity index (χ0) is 9.68.